The fourth-order valence-corrected chi connectivity index (χ4v) is 2.37. The summed E-state index contributed by atoms with van der Waals surface area (Å²) >= 11 is 0. The molecule has 22 heavy (non-hydrogen) atoms. The Bertz CT molecular complexity index is 555. The molecule has 7 heteroatoms. The maximum atomic E-state index is 12.2. The van der Waals surface area contributed by atoms with Crippen LogP contribution in [0.4, 0.5) is 10.5 Å². The minimum Gasteiger partial charge on any atom is -0.495 e. The van der Waals surface area contributed by atoms with Crippen LogP contribution in [0.1, 0.15) is 23.2 Å². The Balaban J connectivity index is 2.02. The number of benzene rings is 1. The molecule has 1 aromatic carbocycles. The zero-order valence-corrected chi connectivity index (χ0v) is 12.6. The Kier molecular flexibility index (Phi) is 5.21. The molecule has 0 spiro atoms. The van der Waals surface area contributed by atoms with Gasteiger partial charge in [0.1, 0.15) is 5.75 Å². The van der Waals surface area contributed by atoms with Crippen LogP contribution in [-0.2, 0) is 4.74 Å². The highest BCUT2D eigenvalue weighted by atomic mass is 16.5. The van der Waals surface area contributed by atoms with Gasteiger partial charge in [0.2, 0.25) is 0 Å². The summed E-state index contributed by atoms with van der Waals surface area (Å²) in [6, 6.07) is 4.85. The van der Waals surface area contributed by atoms with Gasteiger partial charge in [0.05, 0.1) is 19.9 Å². The Morgan fingerprint density at radius 2 is 2.05 bits per heavy atom. The number of aliphatic hydroxyl groups excluding tert-OH is 1. The number of hydrogen-bond acceptors (Lipinski definition) is 5. The van der Waals surface area contributed by atoms with E-state index in [0.29, 0.717) is 17.0 Å². The van der Waals surface area contributed by atoms with Crippen molar-refractivity contribution in [3.8, 4) is 5.75 Å². The van der Waals surface area contributed by atoms with E-state index in [0.717, 1.165) is 12.8 Å². The molecule has 2 rings (SSSR count). The van der Waals surface area contributed by atoms with Crippen LogP contribution in [0.5, 0.6) is 5.75 Å². The SMILES string of the molecule is COC(=O)Nc1ccc(C(=O)NC2CC(CO)C2)cc1OC. The second kappa shape index (κ2) is 7.13. The molecule has 0 atom stereocenters. The summed E-state index contributed by atoms with van der Waals surface area (Å²) in [5, 5.41) is 14.4. The molecule has 1 aliphatic carbocycles. The highest BCUT2D eigenvalue weighted by Gasteiger charge is 2.29. The van der Waals surface area contributed by atoms with Gasteiger partial charge in [-0.15, -0.1) is 0 Å². The maximum Gasteiger partial charge on any atom is 0.411 e. The molecule has 0 saturated heterocycles. The Morgan fingerprint density at radius 3 is 2.64 bits per heavy atom. The van der Waals surface area contributed by atoms with Crippen molar-refractivity contribution in [3.05, 3.63) is 23.8 Å². The number of anilines is 1. The van der Waals surface area contributed by atoms with E-state index in [9.17, 15) is 9.59 Å². The molecular formula is C15H20N2O5. The van der Waals surface area contributed by atoms with Gasteiger partial charge >= 0.3 is 6.09 Å². The lowest BCUT2D eigenvalue weighted by Crippen LogP contribution is -2.45. The van der Waals surface area contributed by atoms with Crippen LogP contribution in [0.15, 0.2) is 18.2 Å². The summed E-state index contributed by atoms with van der Waals surface area (Å²) in [4.78, 5) is 23.4. The van der Waals surface area contributed by atoms with Crippen LogP contribution in [0.25, 0.3) is 0 Å². The summed E-state index contributed by atoms with van der Waals surface area (Å²) in [6.07, 6.45) is 0.975. The number of amides is 2. The molecule has 1 saturated carbocycles. The second-order valence-electron chi connectivity index (χ2n) is 5.22. The monoisotopic (exact) mass is 308 g/mol. The summed E-state index contributed by atoms with van der Waals surface area (Å²) < 4.78 is 9.70. The standard InChI is InChI=1S/C15H20N2O5/c1-21-13-7-10(3-4-12(13)17-15(20)22-2)14(19)16-11-5-9(6-11)8-18/h3-4,7,9,11,18H,5-6,8H2,1-2H3,(H,16,19)(H,17,20). The normalized spacial score (nSPS) is 19.8. The van der Waals surface area contributed by atoms with E-state index < -0.39 is 6.09 Å². The van der Waals surface area contributed by atoms with Gasteiger partial charge in [0.15, 0.2) is 0 Å². The molecule has 0 bridgehead atoms. The minimum atomic E-state index is -0.611. The number of methoxy groups -OCH3 is 2. The summed E-state index contributed by atoms with van der Waals surface area (Å²) in [6.45, 7) is 0.161. The molecule has 7 nitrogen and oxygen atoms in total. The molecule has 1 aliphatic rings. The number of carbonyl (C=O) groups excluding carboxylic acids is 2. The fourth-order valence-electron chi connectivity index (χ4n) is 2.37. The van der Waals surface area contributed by atoms with E-state index in [4.69, 9.17) is 9.84 Å². The van der Waals surface area contributed by atoms with E-state index in [1.165, 1.54) is 14.2 Å². The smallest absolute Gasteiger partial charge is 0.411 e. The van der Waals surface area contributed by atoms with Crippen LogP contribution in [0.3, 0.4) is 0 Å². The van der Waals surface area contributed by atoms with Crippen molar-refractivity contribution < 1.29 is 24.2 Å². The largest absolute Gasteiger partial charge is 0.495 e. The van der Waals surface area contributed by atoms with Crippen LogP contribution in [0, 0.1) is 5.92 Å². The minimum absolute atomic E-state index is 0.100. The Morgan fingerprint density at radius 1 is 1.32 bits per heavy atom. The summed E-state index contributed by atoms with van der Waals surface area (Å²) in [7, 11) is 2.72. The molecule has 0 heterocycles. The van der Waals surface area contributed by atoms with E-state index >= 15 is 0 Å². The second-order valence-corrected chi connectivity index (χ2v) is 5.22. The molecule has 120 valence electrons. The van der Waals surface area contributed by atoms with Crippen molar-refractivity contribution >= 4 is 17.7 Å². The van der Waals surface area contributed by atoms with Crippen LogP contribution in [0.2, 0.25) is 0 Å². The van der Waals surface area contributed by atoms with Gasteiger partial charge < -0.3 is 19.9 Å². The van der Waals surface area contributed by atoms with Gasteiger partial charge in [-0.1, -0.05) is 0 Å². The molecule has 0 radical (unpaired) electrons. The molecule has 3 N–H and O–H groups in total. The molecule has 0 aliphatic heterocycles. The van der Waals surface area contributed by atoms with E-state index in [1.807, 2.05) is 0 Å². The van der Waals surface area contributed by atoms with Crippen molar-refractivity contribution in [2.24, 2.45) is 5.92 Å². The van der Waals surface area contributed by atoms with Crippen LogP contribution in [-0.4, -0.2) is 44.0 Å². The quantitative estimate of drug-likeness (QED) is 0.763. The predicted octanol–water partition coefficient (Wildman–Crippen LogP) is 1.37. The van der Waals surface area contributed by atoms with E-state index in [-0.39, 0.29) is 24.5 Å². The maximum absolute atomic E-state index is 12.2. The van der Waals surface area contributed by atoms with Gasteiger partial charge in [0, 0.05) is 18.2 Å². The Hall–Kier alpha value is -2.28. The van der Waals surface area contributed by atoms with Gasteiger partial charge in [-0.3, -0.25) is 10.1 Å². The Labute approximate surface area is 128 Å². The van der Waals surface area contributed by atoms with E-state index in [2.05, 4.69) is 15.4 Å². The first-order valence-corrected chi connectivity index (χ1v) is 7.02. The molecular weight excluding hydrogens is 288 g/mol. The van der Waals surface area contributed by atoms with Crippen molar-refractivity contribution in [1.82, 2.24) is 5.32 Å². The lowest BCUT2D eigenvalue weighted by molar-refractivity contribution is 0.0832. The van der Waals surface area contributed by atoms with Crippen molar-refractivity contribution in [1.29, 1.82) is 0 Å². The molecule has 1 aromatic rings. The number of hydrogen-bond donors (Lipinski definition) is 3. The first-order chi connectivity index (χ1) is 10.6. The van der Waals surface area contributed by atoms with Gasteiger partial charge in [-0.05, 0) is 37.0 Å². The number of rotatable bonds is 5. The van der Waals surface area contributed by atoms with Crippen molar-refractivity contribution in [2.75, 3.05) is 26.1 Å². The molecule has 1 fully saturated rings. The van der Waals surface area contributed by atoms with Gasteiger partial charge in [-0.25, -0.2) is 4.79 Å². The third-order valence-electron chi connectivity index (χ3n) is 3.71. The molecule has 2 amide bonds. The highest BCUT2D eigenvalue weighted by molar-refractivity contribution is 5.96. The summed E-state index contributed by atoms with van der Waals surface area (Å²) in [5.41, 5.74) is 0.870. The van der Waals surface area contributed by atoms with Crippen molar-refractivity contribution in [2.45, 2.75) is 18.9 Å². The fraction of sp³-hybridized carbons (Fsp3) is 0.467. The number of aliphatic hydroxyl groups is 1. The first-order valence-electron chi connectivity index (χ1n) is 7.02. The van der Waals surface area contributed by atoms with Gasteiger partial charge in [-0.2, -0.15) is 0 Å². The topological polar surface area (TPSA) is 96.9 Å². The molecule has 0 aromatic heterocycles. The van der Waals surface area contributed by atoms with Crippen molar-refractivity contribution in [3.63, 3.8) is 0 Å². The zero-order chi connectivity index (χ0) is 16.1. The average Bonchev–Trinajstić information content (AvgIpc) is 2.50. The number of carbonyl (C=O) groups is 2. The zero-order valence-electron chi connectivity index (χ0n) is 12.6. The van der Waals surface area contributed by atoms with E-state index in [1.54, 1.807) is 18.2 Å². The van der Waals surface area contributed by atoms with Crippen LogP contribution < -0.4 is 15.4 Å². The molecule has 0 unspecified atom stereocenters. The third-order valence-corrected chi connectivity index (χ3v) is 3.71. The highest BCUT2D eigenvalue weighted by Crippen LogP contribution is 2.28. The van der Waals surface area contributed by atoms with Crippen LogP contribution >= 0.6 is 0 Å². The average molecular weight is 308 g/mol. The predicted molar refractivity (Wildman–Crippen MR) is 80.1 cm³/mol. The first kappa shape index (κ1) is 16.1. The lowest BCUT2D eigenvalue weighted by atomic mass is 9.81. The lowest BCUT2D eigenvalue weighted by Gasteiger charge is -2.34. The third kappa shape index (κ3) is 3.67. The van der Waals surface area contributed by atoms with Gasteiger partial charge in [0.25, 0.3) is 5.91 Å². The number of nitrogens with one attached hydrogen (secondary N) is 2. The number of ether oxygens (including phenoxy) is 2. The summed E-state index contributed by atoms with van der Waals surface area (Å²) in [5.74, 6) is 0.454.